The number of hydrogen-bond acceptors (Lipinski definition) is 4. The predicted octanol–water partition coefficient (Wildman–Crippen LogP) is 5.58. The van der Waals surface area contributed by atoms with Gasteiger partial charge in [-0.05, 0) is 62.4 Å². The molecule has 0 bridgehead atoms. The van der Waals surface area contributed by atoms with Crippen LogP contribution in [-0.2, 0) is 4.79 Å². The van der Waals surface area contributed by atoms with Crippen LogP contribution in [0.2, 0.25) is 0 Å². The zero-order valence-corrected chi connectivity index (χ0v) is 22.0. The maximum absolute atomic E-state index is 13.0. The third-order valence-corrected chi connectivity index (χ3v) is 6.79. The van der Waals surface area contributed by atoms with Gasteiger partial charge in [-0.2, -0.15) is 5.10 Å². The Morgan fingerprint density at radius 2 is 1.83 bits per heavy atom. The van der Waals surface area contributed by atoms with Crippen molar-refractivity contribution in [1.29, 1.82) is 0 Å². The van der Waals surface area contributed by atoms with Gasteiger partial charge in [0.05, 0.1) is 40.7 Å². The quantitative estimate of drug-likeness (QED) is 0.512. The minimum absolute atomic E-state index is 0.170. The number of rotatable bonds is 5. The molecule has 3 aromatic rings. The first kappa shape index (κ1) is 25.4. The van der Waals surface area contributed by atoms with E-state index >= 15 is 0 Å². The van der Waals surface area contributed by atoms with Gasteiger partial charge in [-0.1, -0.05) is 45.0 Å². The van der Waals surface area contributed by atoms with Crippen LogP contribution >= 0.6 is 0 Å². The van der Waals surface area contributed by atoms with E-state index < -0.39 is 0 Å². The zero-order chi connectivity index (χ0) is 26.0. The molecule has 0 saturated carbocycles. The van der Waals surface area contributed by atoms with Gasteiger partial charge in [0.15, 0.2) is 0 Å². The molecule has 0 spiro atoms. The smallest absolute Gasteiger partial charge is 0.259 e. The molecule has 0 aliphatic heterocycles. The lowest BCUT2D eigenvalue weighted by Crippen LogP contribution is -2.43. The molecular weight excluding hydrogens is 450 g/mol. The van der Waals surface area contributed by atoms with E-state index in [2.05, 4.69) is 21.5 Å². The highest BCUT2D eigenvalue weighted by atomic mass is 16.2. The van der Waals surface area contributed by atoms with E-state index in [0.29, 0.717) is 11.3 Å². The Bertz CT molecular complexity index is 1300. The predicted molar refractivity (Wildman–Crippen MR) is 143 cm³/mol. The van der Waals surface area contributed by atoms with Crippen molar-refractivity contribution < 1.29 is 9.59 Å². The molecule has 1 N–H and O–H groups in total. The Morgan fingerprint density at radius 1 is 1.11 bits per heavy atom. The van der Waals surface area contributed by atoms with Gasteiger partial charge in [-0.25, -0.2) is 4.68 Å². The minimum atomic E-state index is -0.379. The second kappa shape index (κ2) is 10.1. The second-order valence-corrected chi connectivity index (χ2v) is 10.6. The molecule has 4 rings (SSSR count). The summed E-state index contributed by atoms with van der Waals surface area (Å²) in [6, 6.07) is 11.9. The highest BCUT2D eigenvalue weighted by molar-refractivity contribution is 6.05. The number of carbonyl (C=O) groups is 2. The Balaban J connectivity index is 1.44. The van der Waals surface area contributed by atoms with Gasteiger partial charge in [-0.3, -0.25) is 14.6 Å². The Hall–Kier alpha value is -3.74. The fourth-order valence-electron chi connectivity index (χ4n) is 4.72. The Labute approximate surface area is 213 Å². The van der Waals surface area contributed by atoms with Crippen LogP contribution in [0.4, 0.5) is 5.69 Å². The molecule has 1 aliphatic carbocycles. The number of aromatic nitrogens is 3. The van der Waals surface area contributed by atoms with Crippen molar-refractivity contribution in [2.45, 2.75) is 59.9 Å². The topological polar surface area (TPSA) is 80.1 Å². The van der Waals surface area contributed by atoms with Crippen LogP contribution in [0.5, 0.6) is 0 Å². The van der Waals surface area contributed by atoms with Crippen molar-refractivity contribution in [2.24, 2.45) is 5.41 Å². The number of nitrogens with one attached hydrogen (secondary N) is 1. The van der Waals surface area contributed by atoms with Crippen LogP contribution in [0.3, 0.4) is 0 Å². The summed E-state index contributed by atoms with van der Waals surface area (Å²) in [5.74, 6) is -0.0433. The van der Waals surface area contributed by atoms with E-state index in [1.807, 2.05) is 83.0 Å². The molecule has 1 atom stereocenters. The number of anilines is 1. The van der Waals surface area contributed by atoms with E-state index in [9.17, 15) is 9.59 Å². The second-order valence-electron chi connectivity index (χ2n) is 10.6. The van der Waals surface area contributed by atoms with Gasteiger partial charge < -0.3 is 10.2 Å². The molecule has 188 valence electrons. The van der Waals surface area contributed by atoms with Gasteiger partial charge in [0.25, 0.3) is 5.91 Å². The molecule has 0 fully saturated rings. The van der Waals surface area contributed by atoms with Crippen LogP contribution in [0.15, 0.2) is 54.9 Å². The monoisotopic (exact) mass is 485 g/mol. The highest BCUT2D eigenvalue weighted by Crippen LogP contribution is 2.32. The summed E-state index contributed by atoms with van der Waals surface area (Å²) in [5, 5.41) is 7.36. The molecule has 1 aliphatic rings. The molecule has 0 saturated heterocycles. The Morgan fingerprint density at radius 3 is 2.44 bits per heavy atom. The standard InChI is InChI=1S/C29H35N5O2/c1-19-16-22(32-27(35)25-18-31-34(20(25)2)24-10-8-7-9-11-24)17-30-26(19)21-12-14-23(15-13-21)33(6)28(36)29(3,4)5/h7-12,16-18,23H,13-15H2,1-6H3,(H,32,35). The van der Waals surface area contributed by atoms with Gasteiger partial charge in [0.1, 0.15) is 0 Å². The van der Waals surface area contributed by atoms with Gasteiger partial charge >= 0.3 is 0 Å². The number of aryl methyl sites for hydroxylation is 1. The first-order valence-electron chi connectivity index (χ1n) is 12.4. The number of nitrogens with zero attached hydrogens (tertiary/aromatic N) is 4. The summed E-state index contributed by atoms with van der Waals surface area (Å²) in [7, 11) is 1.91. The average Bonchev–Trinajstić information content (AvgIpc) is 3.24. The van der Waals surface area contributed by atoms with E-state index in [1.165, 1.54) is 5.57 Å². The lowest BCUT2D eigenvalue weighted by molar-refractivity contribution is -0.140. The minimum Gasteiger partial charge on any atom is -0.342 e. The van der Waals surface area contributed by atoms with Crippen molar-refractivity contribution in [3.63, 3.8) is 0 Å². The molecule has 2 heterocycles. The lowest BCUT2D eigenvalue weighted by atomic mass is 9.88. The maximum atomic E-state index is 13.0. The molecule has 7 heteroatoms. The molecule has 36 heavy (non-hydrogen) atoms. The Kier molecular flexibility index (Phi) is 7.11. The molecule has 1 unspecified atom stereocenters. The largest absolute Gasteiger partial charge is 0.342 e. The van der Waals surface area contributed by atoms with E-state index in [1.54, 1.807) is 17.1 Å². The lowest BCUT2D eigenvalue weighted by Gasteiger charge is -2.35. The molecule has 7 nitrogen and oxygen atoms in total. The maximum Gasteiger partial charge on any atom is 0.259 e. The van der Waals surface area contributed by atoms with Crippen LogP contribution < -0.4 is 5.32 Å². The highest BCUT2D eigenvalue weighted by Gasteiger charge is 2.30. The molecule has 2 amide bonds. The first-order chi connectivity index (χ1) is 17.1. The van der Waals surface area contributed by atoms with Crippen molar-refractivity contribution in [3.8, 4) is 5.69 Å². The van der Waals surface area contributed by atoms with Gasteiger partial charge in [0.2, 0.25) is 5.91 Å². The van der Waals surface area contributed by atoms with Crippen molar-refractivity contribution >= 4 is 23.1 Å². The van der Waals surface area contributed by atoms with E-state index in [-0.39, 0.29) is 23.3 Å². The number of carbonyl (C=O) groups excluding carboxylic acids is 2. The first-order valence-corrected chi connectivity index (χ1v) is 12.4. The van der Waals surface area contributed by atoms with Crippen LogP contribution in [-0.4, -0.2) is 44.6 Å². The van der Waals surface area contributed by atoms with Crippen LogP contribution in [0.25, 0.3) is 11.3 Å². The van der Waals surface area contributed by atoms with E-state index in [4.69, 9.17) is 0 Å². The molecule has 0 radical (unpaired) electrons. The third-order valence-electron chi connectivity index (χ3n) is 6.79. The van der Waals surface area contributed by atoms with Gasteiger partial charge in [0, 0.05) is 18.5 Å². The number of allylic oxidation sites excluding steroid dienone is 1. The molecular formula is C29H35N5O2. The fraction of sp³-hybridized carbons (Fsp3) is 0.379. The van der Waals surface area contributed by atoms with E-state index in [0.717, 1.165) is 41.9 Å². The third kappa shape index (κ3) is 5.25. The number of hydrogen-bond donors (Lipinski definition) is 1. The normalized spacial score (nSPS) is 15.8. The molecule has 1 aromatic carbocycles. The number of amides is 2. The van der Waals surface area contributed by atoms with Crippen molar-refractivity contribution in [3.05, 3.63) is 77.4 Å². The summed E-state index contributed by atoms with van der Waals surface area (Å²) in [6.07, 6.45) is 8.10. The molecule has 2 aromatic heterocycles. The average molecular weight is 486 g/mol. The van der Waals surface area contributed by atoms with Crippen LogP contribution in [0, 0.1) is 19.3 Å². The SMILES string of the molecule is Cc1cc(NC(=O)c2cnn(-c3ccccc3)c2C)cnc1C1=CCC(N(C)C(=O)C(C)(C)C)CC1. The summed E-state index contributed by atoms with van der Waals surface area (Å²) in [5.41, 5.74) is 5.63. The summed E-state index contributed by atoms with van der Waals surface area (Å²) in [6.45, 7) is 9.77. The summed E-state index contributed by atoms with van der Waals surface area (Å²) in [4.78, 5) is 32.2. The zero-order valence-electron chi connectivity index (χ0n) is 22.0. The number of pyridine rings is 1. The summed E-state index contributed by atoms with van der Waals surface area (Å²) < 4.78 is 1.76. The van der Waals surface area contributed by atoms with Gasteiger partial charge in [-0.15, -0.1) is 0 Å². The summed E-state index contributed by atoms with van der Waals surface area (Å²) >= 11 is 0. The number of benzene rings is 1. The van der Waals surface area contributed by atoms with Crippen molar-refractivity contribution in [1.82, 2.24) is 19.7 Å². The van der Waals surface area contributed by atoms with Crippen molar-refractivity contribution in [2.75, 3.05) is 12.4 Å². The van der Waals surface area contributed by atoms with Crippen LogP contribution in [0.1, 0.15) is 67.3 Å². The number of para-hydroxylation sites is 1. The fourth-order valence-corrected chi connectivity index (χ4v) is 4.72.